The molecule has 0 bridgehead atoms. The maximum absolute atomic E-state index is 2.42. The number of benzene rings is 8. The van der Waals surface area contributed by atoms with E-state index < -0.39 is 0 Å². The molecule has 0 heterocycles. The third kappa shape index (κ3) is 3.79. The second-order valence-corrected chi connectivity index (χ2v) is 12.8. The van der Waals surface area contributed by atoms with Crippen molar-refractivity contribution < 1.29 is 0 Å². The van der Waals surface area contributed by atoms with Crippen molar-refractivity contribution in [2.75, 3.05) is 0 Å². The molecule has 0 radical (unpaired) electrons. The molecule has 0 atom stereocenters. The Hall–Kier alpha value is -5.46. The van der Waals surface area contributed by atoms with Gasteiger partial charge in [0.2, 0.25) is 0 Å². The molecule has 0 saturated carbocycles. The molecule has 0 N–H and O–H groups in total. The molecule has 8 aromatic carbocycles. The molecular formula is C45H32. The van der Waals surface area contributed by atoms with Gasteiger partial charge < -0.3 is 0 Å². The van der Waals surface area contributed by atoms with Crippen LogP contribution in [0.5, 0.6) is 0 Å². The maximum atomic E-state index is 2.42. The fourth-order valence-corrected chi connectivity index (χ4v) is 7.96. The summed E-state index contributed by atoms with van der Waals surface area (Å²) in [6, 6.07) is 58.2. The zero-order chi connectivity index (χ0) is 30.1. The van der Waals surface area contributed by atoms with Crippen LogP contribution in [0.3, 0.4) is 0 Å². The van der Waals surface area contributed by atoms with E-state index in [4.69, 9.17) is 0 Å². The predicted molar refractivity (Wildman–Crippen MR) is 193 cm³/mol. The zero-order valence-electron chi connectivity index (χ0n) is 25.5. The van der Waals surface area contributed by atoms with E-state index in [0.29, 0.717) is 0 Å². The first kappa shape index (κ1) is 26.0. The van der Waals surface area contributed by atoms with Crippen LogP contribution in [-0.4, -0.2) is 0 Å². The summed E-state index contributed by atoms with van der Waals surface area (Å²) in [5.74, 6) is 0. The fraction of sp³-hybridized carbons (Fsp3) is 0.0667. The van der Waals surface area contributed by atoms with Gasteiger partial charge in [-0.25, -0.2) is 0 Å². The van der Waals surface area contributed by atoms with Crippen LogP contribution < -0.4 is 0 Å². The second-order valence-electron chi connectivity index (χ2n) is 12.8. The van der Waals surface area contributed by atoms with Crippen molar-refractivity contribution in [3.8, 4) is 44.5 Å². The van der Waals surface area contributed by atoms with Crippen LogP contribution in [0.2, 0.25) is 0 Å². The van der Waals surface area contributed by atoms with Gasteiger partial charge in [-0.05, 0) is 94.0 Å². The Bertz CT molecular complexity index is 2370. The highest BCUT2D eigenvalue weighted by atomic mass is 14.4. The number of hydrogen-bond acceptors (Lipinski definition) is 0. The molecule has 9 rings (SSSR count). The monoisotopic (exact) mass is 572 g/mol. The van der Waals surface area contributed by atoms with Crippen LogP contribution >= 0.6 is 0 Å². The Balaban J connectivity index is 1.34. The lowest BCUT2D eigenvalue weighted by Crippen LogP contribution is -2.15. The molecular weight excluding hydrogens is 540 g/mol. The minimum absolute atomic E-state index is 0.0869. The van der Waals surface area contributed by atoms with E-state index in [2.05, 4.69) is 172 Å². The summed E-state index contributed by atoms with van der Waals surface area (Å²) in [5, 5.41) is 7.78. The maximum Gasteiger partial charge on any atom is 0.0159 e. The molecule has 1 aliphatic rings. The van der Waals surface area contributed by atoms with Gasteiger partial charge in [-0.15, -0.1) is 0 Å². The van der Waals surface area contributed by atoms with Gasteiger partial charge in [0.1, 0.15) is 0 Å². The van der Waals surface area contributed by atoms with Gasteiger partial charge in [-0.2, -0.15) is 0 Å². The quantitative estimate of drug-likeness (QED) is 0.185. The van der Waals surface area contributed by atoms with Gasteiger partial charge in [-0.1, -0.05) is 166 Å². The van der Waals surface area contributed by atoms with Crippen LogP contribution in [0, 0.1) is 0 Å². The van der Waals surface area contributed by atoms with Gasteiger partial charge >= 0.3 is 0 Å². The smallest absolute Gasteiger partial charge is 0.0159 e. The molecule has 0 aliphatic heterocycles. The standard InChI is InChI=1S/C45H32/c1-45(2)40-27-26-32-33(22-13-23-34(32)44(40)39-25-24-31(28-41(39)45)29-14-5-3-6-15-29)43-37-20-11-9-18-35(37)42(30-16-7-4-8-17-30)36-19-10-12-21-38(36)43/h3-28H,1-2H3. The van der Waals surface area contributed by atoms with Crippen molar-refractivity contribution in [2.24, 2.45) is 0 Å². The summed E-state index contributed by atoms with van der Waals surface area (Å²) in [6.07, 6.45) is 0. The van der Waals surface area contributed by atoms with E-state index in [1.165, 1.54) is 88.0 Å². The highest BCUT2D eigenvalue weighted by molar-refractivity contribution is 6.24. The van der Waals surface area contributed by atoms with E-state index in [1.807, 2.05) is 0 Å². The van der Waals surface area contributed by atoms with E-state index in [9.17, 15) is 0 Å². The highest BCUT2D eigenvalue weighted by Crippen LogP contribution is 2.53. The fourth-order valence-electron chi connectivity index (χ4n) is 7.96. The topological polar surface area (TPSA) is 0 Å². The SMILES string of the molecule is CC1(C)c2cc(-c3ccccc3)ccc2-c2c1ccc1c(-c3c4ccccc4c(-c4ccccc4)c4ccccc34)cccc21. The first-order chi connectivity index (χ1) is 22.1. The first-order valence-electron chi connectivity index (χ1n) is 15.9. The average molecular weight is 573 g/mol. The van der Waals surface area contributed by atoms with Crippen LogP contribution in [0.15, 0.2) is 158 Å². The minimum Gasteiger partial charge on any atom is -0.0622 e. The normalized spacial score (nSPS) is 13.3. The Morgan fingerprint density at radius 2 is 0.844 bits per heavy atom. The molecule has 45 heavy (non-hydrogen) atoms. The molecule has 8 aromatic rings. The van der Waals surface area contributed by atoms with E-state index in [1.54, 1.807) is 0 Å². The molecule has 0 nitrogen and oxygen atoms in total. The lowest BCUT2D eigenvalue weighted by Gasteiger charge is -2.23. The molecule has 0 heteroatoms. The van der Waals surface area contributed by atoms with Gasteiger partial charge in [0, 0.05) is 5.41 Å². The third-order valence-corrected chi connectivity index (χ3v) is 10.1. The van der Waals surface area contributed by atoms with E-state index in [0.717, 1.165) is 0 Å². The van der Waals surface area contributed by atoms with Gasteiger partial charge in [-0.3, -0.25) is 0 Å². The van der Waals surface area contributed by atoms with Crippen molar-refractivity contribution >= 4 is 32.3 Å². The minimum atomic E-state index is -0.0869. The van der Waals surface area contributed by atoms with Gasteiger partial charge in [0.25, 0.3) is 0 Å². The van der Waals surface area contributed by atoms with Crippen molar-refractivity contribution in [1.29, 1.82) is 0 Å². The first-order valence-corrected chi connectivity index (χ1v) is 15.9. The average Bonchev–Trinajstić information content (AvgIpc) is 3.33. The summed E-state index contributed by atoms with van der Waals surface area (Å²) in [5.41, 5.74) is 13.1. The Kier molecular flexibility index (Phi) is 5.64. The van der Waals surface area contributed by atoms with Crippen molar-refractivity contribution in [2.45, 2.75) is 19.3 Å². The van der Waals surface area contributed by atoms with Crippen LogP contribution in [0.25, 0.3) is 76.8 Å². The summed E-state index contributed by atoms with van der Waals surface area (Å²) < 4.78 is 0. The van der Waals surface area contributed by atoms with Crippen molar-refractivity contribution in [3.05, 3.63) is 169 Å². The largest absolute Gasteiger partial charge is 0.0622 e. The molecule has 0 amide bonds. The predicted octanol–water partition coefficient (Wildman–Crippen LogP) is 12.5. The summed E-state index contributed by atoms with van der Waals surface area (Å²) >= 11 is 0. The van der Waals surface area contributed by atoms with E-state index in [-0.39, 0.29) is 5.41 Å². The number of rotatable bonds is 3. The van der Waals surface area contributed by atoms with Gasteiger partial charge in [0.05, 0.1) is 0 Å². The molecule has 212 valence electrons. The summed E-state index contributed by atoms with van der Waals surface area (Å²) in [4.78, 5) is 0. The number of hydrogen-bond donors (Lipinski definition) is 0. The molecule has 0 aromatic heterocycles. The zero-order valence-corrected chi connectivity index (χ0v) is 25.5. The number of fused-ring (bicyclic) bond motifs is 7. The molecule has 0 fully saturated rings. The van der Waals surface area contributed by atoms with Crippen LogP contribution in [0.4, 0.5) is 0 Å². The van der Waals surface area contributed by atoms with Crippen LogP contribution in [-0.2, 0) is 5.41 Å². The second kappa shape index (κ2) is 9.78. The lowest BCUT2D eigenvalue weighted by molar-refractivity contribution is 0.661. The summed E-state index contributed by atoms with van der Waals surface area (Å²) in [7, 11) is 0. The molecule has 0 unspecified atom stereocenters. The van der Waals surface area contributed by atoms with Crippen LogP contribution in [0.1, 0.15) is 25.0 Å². The van der Waals surface area contributed by atoms with Crippen molar-refractivity contribution in [3.63, 3.8) is 0 Å². The van der Waals surface area contributed by atoms with Crippen molar-refractivity contribution in [1.82, 2.24) is 0 Å². The lowest BCUT2D eigenvalue weighted by atomic mass is 9.80. The van der Waals surface area contributed by atoms with Gasteiger partial charge in [0.15, 0.2) is 0 Å². The molecule has 0 saturated heterocycles. The highest BCUT2D eigenvalue weighted by Gasteiger charge is 2.37. The molecule has 0 spiro atoms. The molecule has 1 aliphatic carbocycles. The third-order valence-electron chi connectivity index (χ3n) is 10.1. The Morgan fingerprint density at radius 3 is 1.49 bits per heavy atom. The summed E-state index contributed by atoms with van der Waals surface area (Å²) in [6.45, 7) is 4.76. The Labute approximate surface area is 264 Å². The van der Waals surface area contributed by atoms with E-state index >= 15 is 0 Å². The Morgan fingerprint density at radius 1 is 0.311 bits per heavy atom.